The highest BCUT2D eigenvalue weighted by Crippen LogP contribution is 2.17. The lowest BCUT2D eigenvalue weighted by Gasteiger charge is -2.17. The molecule has 2 N–H and O–H groups in total. The Labute approximate surface area is 218 Å². The molecule has 0 aromatic carbocycles. The molecule has 0 bridgehead atoms. The van der Waals surface area contributed by atoms with Gasteiger partial charge in [0.2, 0.25) is 0 Å². The molecule has 2 unspecified atom stereocenters. The normalized spacial score (nSPS) is 12.2. The number of thioether (sulfide) groups is 2. The molecule has 0 aliphatic carbocycles. The highest BCUT2D eigenvalue weighted by molar-refractivity contribution is 7.98. The average molecular weight is 535 g/mol. The van der Waals surface area contributed by atoms with Gasteiger partial charge in [0.05, 0.1) is 24.6 Å². The van der Waals surface area contributed by atoms with Crippen LogP contribution in [0.15, 0.2) is 36.7 Å². The van der Waals surface area contributed by atoms with Gasteiger partial charge in [-0.1, -0.05) is 0 Å². The lowest BCUT2D eigenvalue weighted by Crippen LogP contribution is -2.43. The van der Waals surface area contributed by atoms with Gasteiger partial charge in [-0.25, -0.2) is 9.59 Å². The van der Waals surface area contributed by atoms with Crippen LogP contribution in [0, 0.1) is 0 Å². The van der Waals surface area contributed by atoms with E-state index in [0.717, 1.165) is 0 Å². The van der Waals surface area contributed by atoms with Gasteiger partial charge in [-0.15, -0.1) is 0 Å². The summed E-state index contributed by atoms with van der Waals surface area (Å²) in [6.07, 6.45) is 6.55. The number of amides is 2. The molecule has 0 aliphatic heterocycles. The van der Waals surface area contributed by atoms with Crippen molar-refractivity contribution in [1.82, 2.24) is 20.6 Å². The molecular formula is C24H30N4O6S2. The molecule has 2 atom stereocenters. The zero-order valence-electron chi connectivity index (χ0n) is 20.6. The van der Waals surface area contributed by atoms with Crippen molar-refractivity contribution in [3.8, 4) is 11.4 Å². The Morgan fingerprint density at radius 2 is 1.17 bits per heavy atom. The van der Waals surface area contributed by atoms with E-state index in [1.165, 1.54) is 60.2 Å². The lowest BCUT2D eigenvalue weighted by molar-refractivity contribution is -0.145. The van der Waals surface area contributed by atoms with Crippen LogP contribution in [0.3, 0.4) is 0 Å². The van der Waals surface area contributed by atoms with Crippen molar-refractivity contribution in [3.05, 3.63) is 47.8 Å². The molecule has 194 valence electrons. The van der Waals surface area contributed by atoms with Crippen molar-refractivity contribution < 1.29 is 28.7 Å². The first-order chi connectivity index (χ1) is 17.3. The fourth-order valence-electron chi connectivity index (χ4n) is 3.06. The van der Waals surface area contributed by atoms with Crippen molar-refractivity contribution in [1.29, 1.82) is 0 Å². The van der Waals surface area contributed by atoms with Crippen molar-refractivity contribution in [2.24, 2.45) is 0 Å². The molecule has 2 rings (SSSR count). The molecule has 0 fully saturated rings. The molecule has 0 saturated carbocycles. The Balaban J connectivity index is 2.21. The van der Waals surface area contributed by atoms with Crippen LogP contribution in [0.4, 0.5) is 0 Å². The number of nitrogens with zero attached hydrogens (tertiary/aromatic N) is 2. The maximum Gasteiger partial charge on any atom is 0.329 e. The summed E-state index contributed by atoms with van der Waals surface area (Å²) in [5, 5.41) is 5.38. The van der Waals surface area contributed by atoms with Crippen LogP contribution in [0.1, 0.15) is 34.6 Å². The Kier molecular flexibility index (Phi) is 12.2. The monoisotopic (exact) mass is 534 g/mol. The Hall–Kier alpha value is -3.12. The second-order valence-electron chi connectivity index (χ2n) is 7.33. The van der Waals surface area contributed by atoms with Gasteiger partial charge in [-0.05, 0) is 50.6 Å². The quantitative estimate of drug-likeness (QED) is 0.368. The highest BCUT2D eigenvalue weighted by atomic mass is 32.2. The largest absolute Gasteiger partial charge is 0.464 e. The fourth-order valence-corrected chi connectivity index (χ4v) is 4.17. The molecule has 10 nitrogen and oxygen atoms in total. The van der Waals surface area contributed by atoms with Crippen molar-refractivity contribution in [2.75, 3.05) is 37.2 Å². The van der Waals surface area contributed by atoms with Crippen LogP contribution in [-0.4, -0.2) is 83.0 Å². The van der Waals surface area contributed by atoms with Crippen LogP contribution in [0.5, 0.6) is 0 Å². The van der Waals surface area contributed by atoms with Gasteiger partial charge in [-0.3, -0.25) is 19.6 Å². The Morgan fingerprint density at radius 3 is 1.50 bits per heavy atom. The lowest BCUT2D eigenvalue weighted by atomic mass is 10.1. The molecule has 36 heavy (non-hydrogen) atoms. The third kappa shape index (κ3) is 8.52. The van der Waals surface area contributed by atoms with Crippen LogP contribution in [-0.2, 0) is 19.1 Å². The average Bonchev–Trinajstić information content (AvgIpc) is 2.88. The van der Waals surface area contributed by atoms with Crippen molar-refractivity contribution in [3.63, 3.8) is 0 Å². The van der Waals surface area contributed by atoms with Crippen LogP contribution < -0.4 is 10.6 Å². The molecule has 0 spiro atoms. The topological polar surface area (TPSA) is 137 Å². The second-order valence-corrected chi connectivity index (χ2v) is 9.15. The van der Waals surface area contributed by atoms with Gasteiger partial charge >= 0.3 is 11.9 Å². The van der Waals surface area contributed by atoms with E-state index >= 15 is 0 Å². The van der Waals surface area contributed by atoms with E-state index in [-0.39, 0.29) is 24.3 Å². The summed E-state index contributed by atoms with van der Waals surface area (Å²) < 4.78 is 10.1. The number of nitrogens with one attached hydrogen (secondary N) is 2. The van der Waals surface area contributed by atoms with E-state index < -0.39 is 35.8 Å². The fraction of sp³-hybridized carbons (Fsp3) is 0.417. The van der Waals surface area contributed by atoms with Crippen LogP contribution in [0.25, 0.3) is 11.4 Å². The zero-order valence-corrected chi connectivity index (χ0v) is 22.2. The number of esters is 2. The number of ether oxygens (including phenoxy) is 2. The summed E-state index contributed by atoms with van der Waals surface area (Å²) in [6.45, 7) is 3.83. The minimum absolute atomic E-state index is 0.215. The summed E-state index contributed by atoms with van der Waals surface area (Å²) in [5.41, 5.74) is 1.27. The molecule has 0 saturated heterocycles. The van der Waals surface area contributed by atoms with Gasteiger partial charge in [0.25, 0.3) is 11.8 Å². The highest BCUT2D eigenvalue weighted by Gasteiger charge is 2.24. The van der Waals surface area contributed by atoms with Gasteiger partial charge in [-0.2, -0.15) is 23.5 Å². The summed E-state index contributed by atoms with van der Waals surface area (Å²) in [5.74, 6) is -1.20. The summed E-state index contributed by atoms with van der Waals surface area (Å²) in [7, 11) is 0. The van der Waals surface area contributed by atoms with Gasteiger partial charge in [0, 0.05) is 35.0 Å². The van der Waals surface area contributed by atoms with Crippen molar-refractivity contribution in [2.45, 2.75) is 25.9 Å². The molecule has 2 aromatic heterocycles. The number of rotatable bonds is 13. The molecular weight excluding hydrogens is 504 g/mol. The van der Waals surface area contributed by atoms with Crippen LogP contribution >= 0.6 is 23.5 Å². The molecule has 0 radical (unpaired) electrons. The first-order valence-corrected chi connectivity index (χ1v) is 14.0. The molecule has 12 heteroatoms. The third-order valence-corrected chi connectivity index (χ3v) is 6.06. The van der Waals surface area contributed by atoms with E-state index in [0.29, 0.717) is 22.9 Å². The van der Waals surface area contributed by atoms with E-state index in [1.807, 2.05) is 12.5 Å². The molecule has 2 amide bonds. The van der Waals surface area contributed by atoms with E-state index in [1.54, 1.807) is 13.8 Å². The second kappa shape index (κ2) is 15.1. The van der Waals surface area contributed by atoms with Gasteiger partial charge in [0.15, 0.2) is 0 Å². The van der Waals surface area contributed by atoms with Crippen molar-refractivity contribution >= 4 is 47.3 Å². The summed E-state index contributed by atoms with van der Waals surface area (Å²) >= 11 is 2.82. The predicted octanol–water partition coefficient (Wildman–Crippen LogP) is 2.19. The molecule has 2 aromatic rings. The smallest absolute Gasteiger partial charge is 0.329 e. The van der Waals surface area contributed by atoms with Gasteiger partial charge < -0.3 is 20.1 Å². The third-order valence-electron chi connectivity index (χ3n) is 4.73. The number of hydrogen-bond donors (Lipinski definition) is 2. The van der Waals surface area contributed by atoms with Crippen LogP contribution in [0.2, 0.25) is 0 Å². The summed E-state index contributed by atoms with van der Waals surface area (Å²) in [4.78, 5) is 58.4. The number of aromatic nitrogens is 2. The minimum atomic E-state index is -0.789. The maximum atomic E-state index is 12.8. The first-order valence-electron chi connectivity index (χ1n) is 11.2. The molecule has 0 aliphatic rings. The predicted molar refractivity (Wildman–Crippen MR) is 140 cm³/mol. The molecule has 2 heterocycles. The van der Waals surface area contributed by atoms with E-state index in [2.05, 4.69) is 20.6 Å². The zero-order chi connectivity index (χ0) is 26.5. The number of hydrogen-bond acceptors (Lipinski definition) is 10. The minimum Gasteiger partial charge on any atom is -0.464 e. The van der Waals surface area contributed by atoms with E-state index in [4.69, 9.17) is 9.47 Å². The first kappa shape index (κ1) is 29.1. The number of carbonyl (C=O) groups is 4. The SMILES string of the molecule is CCOC(=O)C(CSC)NC(=O)c1ccnc(-c2cc(C(=O)NC(CSC)C(=O)OCC)ccn2)c1. The Bertz CT molecular complexity index is 985. The standard InChI is InChI=1S/C24H30N4O6S2/c1-5-33-23(31)19(13-35-3)27-21(29)15-7-9-25-17(11-15)18-12-16(8-10-26-18)22(30)28-20(14-36-4)24(32)34-6-2/h7-12,19-20H,5-6,13-14H2,1-4H3,(H,27,29)(H,28,30). The van der Waals surface area contributed by atoms with E-state index in [9.17, 15) is 19.2 Å². The number of carbonyl (C=O) groups excluding carboxylic acids is 4. The van der Waals surface area contributed by atoms with Gasteiger partial charge in [0.1, 0.15) is 12.1 Å². The Morgan fingerprint density at radius 1 is 0.778 bits per heavy atom. The summed E-state index contributed by atoms with van der Waals surface area (Å²) in [6, 6.07) is 4.50. The number of pyridine rings is 2. The maximum absolute atomic E-state index is 12.8.